The third-order valence-electron chi connectivity index (χ3n) is 1.87. The van der Waals surface area contributed by atoms with E-state index in [1.54, 1.807) is 20.0 Å². The molecule has 0 aliphatic carbocycles. The Bertz CT molecular complexity index is 382. The molecule has 0 spiro atoms. The Morgan fingerprint density at radius 1 is 1.53 bits per heavy atom. The van der Waals surface area contributed by atoms with Crippen LogP contribution in [0.5, 0.6) is 0 Å². The molecule has 1 heterocycles. The molecule has 0 aliphatic heterocycles. The van der Waals surface area contributed by atoms with Crippen molar-refractivity contribution >= 4 is 17.6 Å². The SMILES string of the molecule is CCOC(=O)c1c(NC(C)=O)c[nH]c1C. The van der Waals surface area contributed by atoms with Crippen LogP contribution >= 0.6 is 0 Å². The van der Waals surface area contributed by atoms with Gasteiger partial charge in [0.25, 0.3) is 0 Å². The molecule has 0 aliphatic rings. The molecule has 0 unspecified atom stereocenters. The minimum atomic E-state index is -0.431. The summed E-state index contributed by atoms with van der Waals surface area (Å²) < 4.78 is 4.88. The number of ether oxygens (including phenoxy) is 1. The van der Waals surface area contributed by atoms with Crippen LogP contribution in [0.15, 0.2) is 6.20 Å². The van der Waals surface area contributed by atoms with Gasteiger partial charge in [-0.1, -0.05) is 0 Å². The molecule has 1 rings (SSSR count). The Morgan fingerprint density at radius 3 is 2.73 bits per heavy atom. The first-order valence-electron chi connectivity index (χ1n) is 4.69. The highest BCUT2D eigenvalue weighted by Crippen LogP contribution is 2.20. The van der Waals surface area contributed by atoms with Gasteiger partial charge < -0.3 is 15.0 Å². The van der Waals surface area contributed by atoms with Crippen molar-refractivity contribution in [3.8, 4) is 0 Å². The van der Waals surface area contributed by atoms with Crippen molar-refractivity contribution in [2.75, 3.05) is 11.9 Å². The van der Waals surface area contributed by atoms with Crippen LogP contribution in [-0.2, 0) is 9.53 Å². The Morgan fingerprint density at radius 2 is 2.20 bits per heavy atom. The number of hydrogen-bond acceptors (Lipinski definition) is 3. The molecular formula is C10H14N2O3. The second kappa shape index (κ2) is 4.63. The van der Waals surface area contributed by atoms with E-state index in [0.29, 0.717) is 23.6 Å². The summed E-state index contributed by atoms with van der Waals surface area (Å²) in [6, 6.07) is 0. The van der Waals surface area contributed by atoms with Gasteiger partial charge in [-0.25, -0.2) is 4.79 Å². The maximum absolute atomic E-state index is 11.5. The predicted octanol–water partition coefficient (Wildman–Crippen LogP) is 1.46. The van der Waals surface area contributed by atoms with Gasteiger partial charge in [0, 0.05) is 18.8 Å². The molecule has 0 bridgehead atoms. The number of aromatic amines is 1. The summed E-state index contributed by atoms with van der Waals surface area (Å²) in [5.41, 5.74) is 1.52. The molecule has 0 aromatic carbocycles. The molecule has 2 N–H and O–H groups in total. The lowest BCUT2D eigenvalue weighted by atomic mass is 10.2. The first-order chi connectivity index (χ1) is 7.06. The quantitative estimate of drug-likeness (QED) is 0.742. The number of amides is 1. The van der Waals surface area contributed by atoms with Crippen molar-refractivity contribution in [2.24, 2.45) is 0 Å². The van der Waals surface area contributed by atoms with Crippen LogP contribution in [0.4, 0.5) is 5.69 Å². The van der Waals surface area contributed by atoms with Gasteiger partial charge in [0.2, 0.25) is 5.91 Å². The molecule has 5 heteroatoms. The van der Waals surface area contributed by atoms with Crippen LogP contribution in [0.25, 0.3) is 0 Å². The number of hydrogen-bond donors (Lipinski definition) is 2. The van der Waals surface area contributed by atoms with Crippen LogP contribution in [-0.4, -0.2) is 23.5 Å². The van der Waals surface area contributed by atoms with Crippen molar-refractivity contribution in [1.82, 2.24) is 4.98 Å². The van der Waals surface area contributed by atoms with Gasteiger partial charge in [0.05, 0.1) is 12.3 Å². The lowest BCUT2D eigenvalue weighted by Crippen LogP contribution is -2.12. The van der Waals surface area contributed by atoms with Crippen molar-refractivity contribution in [3.05, 3.63) is 17.5 Å². The molecule has 0 saturated heterocycles. The number of nitrogens with one attached hydrogen (secondary N) is 2. The van der Waals surface area contributed by atoms with Gasteiger partial charge in [0.15, 0.2) is 0 Å². The minimum absolute atomic E-state index is 0.223. The van der Waals surface area contributed by atoms with Crippen LogP contribution in [0.1, 0.15) is 29.9 Å². The third-order valence-corrected chi connectivity index (χ3v) is 1.87. The van der Waals surface area contributed by atoms with E-state index in [1.165, 1.54) is 6.92 Å². The van der Waals surface area contributed by atoms with Crippen molar-refractivity contribution in [2.45, 2.75) is 20.8 Å². The Hall–Kier alpha value is -1.78. The second-order valence-electron chi connectivity index (χ2n) is 3.10. The monoisotopic (exact) mass is 210 g/mol. The van der Waals surface area contributed by atoms with Gasteiger partial charge in [0.1, 0.15) is 5.56 Å². The van der Waals surface area contributed by atoms with E-state index in [4.69, 9.17) is 4.74 Å². The number of rotatable bonds is 3. The largest absolute Gasteiger partial charge is 0.462 e. The average Bonchev–Trinajstić information content (AvgIpc) is 2.46. The van der Waals surface area contributed by atoms with Crippen LogP contribution in [0.2, 0.25) is 0 Å². The minimum Gasteiger partial charge on any atom is -0.462 e. The molecular weight excluding hydrogens is 196 g/mol. The maximum Gasteiger partial charge on any atom is 0.342 e. The summed E-state index contributed by atoms with van der Waals surface area (Å²) in [4.78, 5) is 25.3. The van der Waals surface area contributed by atoms with Crippen LogP contribution in [0, 0.1) is 6.92 Å². The van der Waals surface area contributed by atoms with Crippen LogP contribution in [0.3, 0.4) is 0 Å². The number of H-pyrrole nitrogens is 1. The first kappa shape index (κ1) is 11.3. The fourth-order valence-corrected chi connectivity index (χ4v) is 1.28. The third kappa shape index (κ3) is 2.59. The molecule has 0 radical (unpaired) electrons. The Labute approximate surface area is 87.8 Å². The van der Waals surface area contributed by atoms with E-state index < -0.39 is 5.97 Å². The van der Waals surface area contributed by atoms with Crippen molar-refractivity contribution in [3.63, 3.8) is 0 Å². The summed E-state index contributed by atoms with van der Waals surface area (Å²) in [7, 11) is 0. The van der Waals surface area contributed by atoms with E-state index in [1.807, 2.05) is 0 Å². The number of carbonyl (C=O) groups is 2. The molecule has 0 atom stereocenters. The van der Waals surface area contributed by atoms with E-state index >= 15 is 0 Å². The molecule has 1 aromatic heterocycles. The fraction of sp³-hybridized carbons (Fsp3) is 0.400. The molecule has 1 aromatic rings. The molecule has 15 heavy (non-hydrogen) atoms. The number of anilines is 1. The molecule has 82 valence electrons. The smallest absolute Gasteiger partial charge is 0.342 e. The number of aryl methyl sites for hydroxylation is 1. The number of aromatic nitrogens is 1. The van der Waals surface area contributed by atoms with Gasteiger partial charge >= 0.3 is 5.97 Å². The Kier molecular flexibility index (Phi) is 3.49. The van der Waals surface area contributed by atoms with Crippen molar-refractivity contribution < 1.29 is 14.3 Å². The zero-order valence-corrected chi connectivity index (χ0v) is 9.01. The summed E-state index contributed by atoms with van der Waals surface area (Å²) in [6.07, 6.45) is 1.57. The van der Waals surface area contributed by atoms with E-state index in [2.05, 4.69) is 10.3 Å². The van der Waals surface area contributed by atoms with Gasteiger partial charge in [-0.05, 0) is 13.8 Å². The highest BCUT2D eigenvalue weighted by molar-refractivity contribution is 6.01. The van der Waals surface area contributed by atoms with Gasteiger partial charge in [-0.2, -0.15) is 0 Å². The van der Waals surface area contributed by atoms with Gasteiger partial charge in [-0.3, -0.25) is 4.79 Å². The summed E-state index contributed by atoms with van der Waals surface area (Å²) in [5.74, 6) is -0.653. The van der Waals surface area contributed by atoms with E-state index in [9.17, 15) is 9.59 Å². The lowest BCUT2D eigenvalue weighted by Gasteiger charge is -2.04. The van der Waals surface area contributed by atoms with Crippen molar-refractivity contribution in [1.29, 1.82) is 0 Å². The number of esters is 1. The first-order valence-corrected chi connectivity index (χ1v) is 4.69. The Balaban J connectivity index is 2.98. The van der Waals surface area contributed by atoms with E-state index in [-0.39, 0.29) is 5.91 Å². The lowest BCUT2D eigenvalue weighted by molar-refractivity contribution is -0.114. The normalized spacial score (nSPS) is 9.80. The second-order valence-corrected chi connectivity index (χ2v) is 3.10. The summed E-state index contributed by atoms with van der Waals surface area (Å²) in [6.45, 7) is 5.18. The highest BCUT2D eigenvalue weighted by atomic mass is 16.5. The molecule has 5 nitrogen and oxygen atoms in total. The topological polar surface area (TPSA) is 71.2 Å². The summed E-state index contributed by atoms with van der Waals surface area (Å²) in [5, 5.41) is 2.56. The predicted molar refractivity (Wildman–Crippen MR) is 55.8 cm³/mol. The maximum atomic E-state index is 11.5. The zero-order valence-electron chi connectivity index (χ0n) is 9.01. The molecule has 0 fully saturated rings. The molecule has 0 saturated carbocycles. The average molecular weight is 210 g/mol. The highest BCUT2D eigenvalue weighted by Gasteiger charge is 2.17. The number of carbonyl (C=O) groups excluding carboxylic acids is 2. The van der Waals surface area contributed by atoms with Crippen LogP contribution < -0.4 is 5.32 Å². The standard InChI is InChI=1S/C10H14N2O3/c1-4-15-10(14)9-6(2)11-5-8(9)12-7(3)13/h5,11H,4H2,1-3H3,(H,12,13). The fourth-order valence-electron chi connectivity index (χ4n) is 1.28. The van der Waals surface area contributed by atoms with E-state index in [0.717, 1.165) is 0 Å². The zero-order chi connectivity index (χ0) is 11.4. The van der Waals surface area contributed by atoms with Gasteiger partial charge in [-0.15, -0.1) is 0 Å². The molecule has 1 amide bonds. The summed E-state index contributed by atoms with van der Waals surface area (Å²) >= 11 is 0.